The zero-order chi connectivity index (χ0) is 21.1. The molecule has 30 heavy (non-hydrogen) atoms. The Kier molecular flexibility index (Phi) is 5.70. The Balaban J connectivity index is 1.66. The van der Waals surface area contributed by atoms with Crippen molar-refractivity contribution in [2.75, 3.05) is 7.11 Å². The van der Waals surface area contributed by atoms with Gasteiger partial charge in [0.25, 0.3) is 0 Å². The number of ether oxygens (including phenoxy) is 2. The van der Waals surface area contributed by atoms with Crippen LogP contribution in [0.5, 0.6) is 11.5 Å². The smallest absolute Gasteiger partial charge is 0.380 e. The Bertz CT molecular complexity index is 1270. The number of aromatic nitrogens is 2. The Morgan fingerprint density at radius 2 is 2.07 bits per heavy atom. The van der Waals surface area contributed by atoms with Crippen LogP contribution in [0.2, 0.25) is 0 Å². The normalized spacial score (nSPS) is 10.7. The second kappa shape index (κ2) is 8.57. The maximum absolute atomic E-state index is 13.0. The van der Waals surface area contributed by atoms with E-state index in [-0.39, 0.29) is 11.5 Å². The van der Waals surface area contributed by atoms with Gasteiger partial charge in [-0.2, -0.15) is 5.26 Å². The SMILES string of the molecule is COc1cc(C#N)ccc1OC(=O)c1oc2ccccc2c1CSc1nnc(C)s1. The molecule has 2 heterocycles. The van der Waals surface area contributed by atoms with Gasteiger partial charge in [-0.05, 0) is 25.1 Å². The van der Waals surface area contributed by atoms with Crippen molar-refractivity contribution < 1.29 is 18.7 Å². The highest BCUT2D eigenvalue weighted by molar-refractivity contribution is 8.00. The van der Waals surface area contributed by atoms with Crippen LogP contribution in [0.3, 0.4) is 0 Å². The lowest BCUT2D eigenvalue weighted by Crippen LogP contribution is -2.10. The van der Waals surface area contributed by atoms with E-state index < -0.39 is 5.97 Å². The van der Waals surface area contributed by atoms with Crippen molar-refractivity contribution in [3.8, 4) is 17.6 Å². The van der Waals surface area contributed by atoms with E-state index in [9.17, 15) is 4.79 Å². The Labute approximate surface area is 180 Å². The quantitative estimate of drug-likeness (QED) is 0.236. The monoisotopic (exact) mass is 437 g/mol. The van der Waals surface area contributed by atoms with Crippen molar-refractivity contribution in [1.29, 1.82) is 5.26 Å². The van der Waals surface area contributed by atoms with Crippen LogP contribution in [0.15, 0.2) is 51.2 Å². The van der Waals surface area contributed by atoms with Crippen molar-refractivity contribution in [3.05, 3.63) is 64.4 Å². The number of hydrogen-bond donors (Lipinski definition) is 0. The van der Waals surface area contributed by atoms with Crippen molar-refractivity contribution in [2.45, 2.75) is 17.0 Å². The van der Waals surface area contributed by atoms with E-state index in [1.165, 1.54) is 42.3 Å². The van der Waals surface area contributed by atoms with Crippen molar-refractivity contribution in [1.82, 2.24) is 10.2 Å². The molecule has 0 radical (unpaired) electrons. The van der Waals surface area contributed by atoms with E-state index in [1.54, 1.807) is 12.1 Å². The van der Waals surface area contributed by atoms with E-state index >= 15 is 0 Å². The van der Waals surface area contributed by atoms with E-state index in [2.05, 4.69) is 10.2 Å². The Morgan fingerprint density at radius 3 is 2.80 bits per heavy atom. The number of benzene rings is 2. The van der Waals surface area contributed by atoms with Crippen LogP contribution in [0, 0.1) is 18.3 Å². The third-order valence-electron chi connectivity index (χ3n) is 4.23. The van der Waals surface area contributed by atoms with Crippen LogP contribution in [0.25, 0.3) is 11.0 Å². The topological polar surface area (TPSA) is 98.2 Å². The summed E-state index contributed by atoms with van der Waals surface area (Å²) in [7, 11) is 1.45. The number of thioether (sulfide) groups is 1. The molecule has 9 heteroatoms. The first-order valence-electron chi connectivity index (χ1n) is 8.82. The largest absolute Gasteiger partial charge is 0.493 e. The Morgan fingerprint density at radius 1 is 1.23 bits per heavy atom. The van der Waals surface area contributed by atoms with Gasteiger partial charge in [-0.1, -0.05) is 41.3 Å². The minimum Gasteiger partial charge on any atom is -0.493 e. The fourth-order valence-electron chi connectivity index (χ4n) is 2.85. The van der Waals surface area contributed by atoms with Crippen LogP contribution < -0.4 is 9.47 Å². The lowest BCUT2D eigenvalue weighted by atomic mass is 10.1. The minimum atomic E-state index is -0.641. The fourth-order valence-corrected chi connectivity index (χ4v) is 4.69. The average Bonchev–Trinajstić information content (AvgIpc) is 3.35. The zero-order valence-corrected chi connectivity index (χ0v) is 17.7. The number of hydrogen-bond acceptors (Lipinski definition) is 9. The van der Waals surface area contributed by atoms with Gasteiger partial charge in [0.1, 0.15) is 10.6 Å². The molecule has 0 saturated heterocycles. The number of nitrogens with zero attached hydrogens (tertiary/aromatic N) is 3. The molecule has 0 atom stereocenters. The van der Waals surface area contributed by atoms with Crippen LogP contribution in [0.4, 0.5) is 0 Å². The molecule has 7 nitrogen and oxygen atoms in total. The van der Waals surface area contributed by atoms with Crippen LogP contribution in [-0.4, -0.2) is 23.3 Å². The molecule has 0 aliphatic rings. The second-order valence-electron chi connectivity index (χ2n) is 6.15. The number of nitriles is 1. The van der Waals surface area contributed by atoms with Crippen molar-refractivity contribution in [2.24, 2.45) is 0 Å². The molecule has 0 bridgehead atoms. The maximum Gasteiger partial charge on any atom is 0.380 e. The number of methoxy groups -OCH3 is 1. The van der Waals surface area contributed by atoms with Gasteiger partial charge in [0.2, 0.25) is 5.76 Å². The van der Waals surface area contributed by atoms with Crippen LogP contribution in [0.1, 0.15) is 26.7 Å². The molecule has 0 aliphatic carbocycles. The zero-order valence-electron chi connectivity index (χ0n) is 16.0. The van der Waals surface area contributed by atoms with Gasteiger partial charge in [-0.25, -0.2) is 4.79 Å². The molecule has 0 fully saturated rings. The highest BCUT2D eigenvalue weighted by Gasteiger charge is 2.24. The average molecular weight is 438 g/mol. The van der Waals surface area contributed by atoms with E-state index in [1.807, 2.05) is 31.2 Å². The highest BCUT2D eigenvalue weighted by atomic mass is 32.2. The number of aryl methyl sites for hydroxylation is 1. The molecule has 0 spiro atoms. The summed E-state index contributed by atoms with van der Waals surface area (Å²) in [6, 6.07) is 14.0. The third-order valence-corrected chi connectivity index (χ3v) is 6.23. The summed E-state index contributed by atoms with van der Waals surface area (Å²) < 4.78 is 17.4. The molecule has 0 amide bonds. The third kappa shape index (κ3) is 4.01. The fraction of sp³-hybridized carbons (Fsp3) is 0.143. The van der Waals surface area contributed by atoms with E-state index in [0.29, 0.717) is 22.6 Å². The van der Waals surface area contributed by atoms with E-state index in [4.69, 9.17) is 19.2 Å². The molecule has 150 valence electrons. The minimum absolute atomic E-state index is 0.122. The molecule has 0 unspecified atom stereocenters. The molecule has 0 aliphatic heterocycles. The number of carbonyl (C=O) groups is 1. The van der Waals surface area contributed by atoms with Gasteiger partial charge in [0.15, 0.2) is 15.8 Å². The summed E-state index contributed by atoms with van der Waals surface area (Å²) in [4.78, 5) is 13.0. The maximum atomic E-state index is 13.0. The van der Waals surface area contributed by atoms with E-state index in [0.717, 1.165) is 20.3 Å². The van der Waals surface area contributed by atoms with Crippen LogP contribution >= 0.6 is 23.1 Å². The van der Waals surface area contributed by atoms with Gasteiger partial charge in [-0.3, -0.25) is 0 Å². The highest BCUT2D eigenvalue weighted by Crippen LogP contribution is 2.35. The van der Waals surface area contributed by atoms with Gasteiger partial charge < -0.3 is 13.9 Å². The summed E-state index contributed by atoms with van der Waals surface area (Å²) in [6.07, 6.45) is 0. The molecule has 4 rings (SSSR count). The number of esters is 1. The summed E-state index contributed by atoms with van der Waals surface area (Å²) in [5.74, 6) is 0.453. The first-order valence-corrected chi connectivity index (χ1v) is 10.6. The molecule has 2 aromatic carbocycles. The number of furan rings is 1. The number of carbonyl (C=O) groups excluding carboxylic acids is 1. The van der Waals surface area contributed by atoms with Crippen LogP contribution in [-0.2, 0) is 5.75 Å². The number of fused-ring (bicyclic) bond motifs is 1. The summed E-state index contributed by atoms with van der Waals surface area (Å²) >= 11 is 2.97. The second-order valence-corrected chi connectivity index (χ2v) is 8.55. The summed E-state index contributed by atoms with van der Waals surface area (Å²) in [5.41, 5.74) is 1.72. The first-order chi connectivity index (χ1) is 14.6. The van der Waals surface area contributed by atoms with Gasteiger partial charge in [-0.15, -0.1) is 10.2 Å². The number of rotatable bonds is 6. The molecule has 4 aromatic rings. The molecule has 0 N–H and O–H groups in total. The molecular formula is C21H15N3O4S2. The van der Waals surface area contributed by atoms with Gasteiger partial charge in [0.05, 0.1) is 18.7 Å². The lowest BCUT2D eigenvalue weighted by Gasteiger charge is -2.09. The van der Waals surface area contributed by atoms with Gasteiger partial charge in [0, 0.05) is 22.8 Å². The predicted octanol–water partition coefficient (Wildman–Crippen LogP) is 4.98. The predicted molar refractivity (Wildman–Crippen MR) is 113 cm³/mol. The lowest BCUT2D eigenvalue weighted by molar-refractivity contribution is 0.0697. The van der Waals surface area contributed by atoms with Crippen molar-refractivity contribution in [3.63, 3.8) is 0 Å². The standard InChI is InChI=1S/C21H15N3O4S2/c1-12-23-24-21(30-12)29-11-15-14-5-3-4-6-16(14)27-19(15)20(25)28-17-8-7-13(10-22)9-18(17)26-2/h3-9H,11H2,1-2H3. The van der Waals surface area contributed by atoms with Crippen molar-refractivity contribution >= 4 is 40.0 Å². The number of para-hydroxylation sites is 1. The summed E-state index contributed by atoms with van der Waals surface area (Å²) in [5, 5.41) is 18.9. The summed E-state index contributed by atoms with van der Waals surface area (Å²) in [6.45, 7) is 1.89. The van der Waals surface area contributed by atoms with Gasteiger partial charge >= 0.3 is 5.97 Å². The molecule has 0 saturated carbocycles. The molecule has 2 aromatic heterocycles. The Hall–Kier alpha value is -3.35. The first kappa shape index (κ1) is 19.9. The molecular weight excluding hydrogens is 422 g/mol.